The van der Waals surface area contributed by atoms with Crippen LogP contribution in [0.15, 0.2) is 16.9 Å². The van der Waals surface area contributed by atoms with Gasteiger partial charge >= 0.3 is 0 Å². The number of aliphatic hydroxyl groups is 1. The van der Waals surface area contributed by atoms with E-state index in [2.05, 4.69) is 10.3 Å². The summed E-state index contributed by atoms with van der Waals surface area (Å²) in [4.78, 5) is 20.2. The van der Waals surface area contributed by atoms with Crippen molar-refractivity contribution in [1.29, 1.82) is 0 Å². The fraction of sp³-hybridized carbons (Fsp3) is 0.600. The molecule has 0 spiro atoms. The molecule has 1 aromatic heterocycles. The number of aliphatic hydroxyl groups excluding tert-OH is 1. The number of hydrogen-bond acceptors (Lipinski definition) is 6. The van der Waals surface area contributed by atoms with Crippen molar-refractivity contribution < 1.29 is 9.84 Å². The van der Waals surface area contributed by atoms with Crippen LogP contribution in [0.5, 0.6) is 0 Å². The molecule has 4 rings (SSSR count). The third-order valence-electron chi connectivity index (χ3n) is 5.46. The maximum atomic E-state index is 12.6. The van der Waals surface area contributed by atoms with Crippen LogP contribution in [-0.2, 0) is 17.1 Å². The van der Waals surface area contributed by atoms with Crippen LogP contribution in [0.4, 0.5) is 5.69 Å². The summed E-state index contributed by atoms with van der Waals surface area (Å²) in [6.07, 6.45) is 6.94. The molecule has 1 aliphatic carbocycles. The number of fused-ring (bicyclic) bond motifs is 1. The van der Waals surface area contributed by atoms with E-state index in [0.29, 0.717) is 39.3 Å². The number of nitrogens with one attached hydrogen (secondary N) is 2. The highest BCUT2D eigenvalue weighted by Crippen LogP contribution is 2.27. The van der Waals surface area contributed by atoms with Gasteiger partial charge in [-0.15, -0.1) is 0 Å². The molecule has 7 heteroatoms. The van der Waals surface area contributed by atoms with Crippen molar-refractivity contribution in [2.45, 2.75) is 62.2 Å². The van der Waals surface area contributed by atoms with Gasteiger partial charge in [0.05, 0.1) is 23.3 Å². The second kappa shape index (κ2) is 8.63. The Labute approximate surface area is 163 Å². The van der Waals surface area contributed by atoms with Crippen molar-refractivity contribution >= 4 is 28.4 Å². The molecule has 2 heterocycles. The van der Waals surface area contributed by atoms with Gasteiger partial charge in [0.25, 0.3) is 5.56 Å². The van der Waals surface area contributed by atoms with Crippen LogP contribution in [0.25, 0.3) is 10.9 Å². The highest BCUT2D eigenvalue weighted by atomic mass is 32.2. The molecule has 3 N–H and O–H groups in total. The van der Waals surface area contributed by atoms with E-state index in [0.717, 1.165) is 31.7 Å². The SMILES string of the molecule is O=c1[nH]c(CSC2CCOCC2)nc2cc(NC3CCCC3)cc(CO)c12. The highest BCUT2D eigenvalue weighted by Gasteiger charge is 2.18. The molecule has 1 saturated carbocycles. The molecule has 6 nitrogen and oxygen atoms in total. The number of H-pyrrole nitrogens is 1. The number of aromatic amines is 1. The summed E-state index contributed by atoms with van der Waals surface area (Å²) < 4.78 is 5.40. The first-order valence-electron chi connectivity index (χ1n) is 9.85. The monoisotopic (exact) mass is 389 g/mol. The van der Waals surface area contributed by atoms with Crippen LogP contribution >= 0.6 is 11.8 Å². The molecule has 1 aliphatic heterocycles. The largest absolute Gasteiger partial charge is 0.392 e. The van der Waals surface area contributed by atoms with Crippen LogP contribution in [0.3, 0.4) is 0 Å². The molecule has 0 atom stereocenters. The fourth-order valence-electron chi connectivity index (χ4n) is 4.02. The van der Waals surface area contributed by atoms with Crippen LogP contribution in [0, 0.1) is 0 Å². The van der Waals surface area contributed by atoms with E-state index in [1.54, 1.807) is 0 Å². The van der Waals surface area contributed by atoms with Gasteiger partial charge in [-0.05, 0) is 43.4 Å². The first-order chi connectivity index (χ1) is 13.2. The van der Waals surface area contributed by atoms with E-state index >= 15 is 0 Å². The fourth-order valence-corrected chi connectivity index (χ4v) is 5.08. The molecule has 27 heavy (non-hydrogen) atoms. The van der Waals surface area contributed by atoms with Crippen molar-refractivity contribution in [3.8, 4) is 0 Å². The smallest absolute Gasteiger partial charge is 0.259 e. The number of nitrogens with zero attached hydrogens (tertiary/aromatic N) is 1. The average molecular weight is 390 g/mol. The summed E-state index contributed by atoms with van der Waals surface area (Å²) in [5.74, 6) is 1.39. The number of anilines is 1. The lowest BCUT2D eigenvalue weighted by atomic mass is 10.1. The van der Waals surface area contributed by atoms with Gasteiger partial charge in [-0.3, -0.25) is 4.79 Å². The average Bonchev–Trinajstić information content (AvgIpc) is 3.19. The van der Waals surface area contributed by atoms with E-state index in [-0.39, 0.29) is 12.2 Å². The molecule has 2 fully saturated rings. The van der Waals surface area contributed by atoms with Gasteiger partial charge < -0.3 is 20.1 Å². The number of rotatable bonds is 6. The summed E-state index contributed by atoms with van der Waals surface area (Å²) in [6, 6.07) is 4.30. The quantitative estimate of drug-likeness (QED) is 0.703. The van der Waals surface area contributed by atoms with Crippen LogP contribution in [-0.4, -0.2) is 39.6 Å². The van der Waals surface area contributed by atoms with E-state index in [1.165, 1.54) is 25.7 Å². The molecule has 1 aromatic carbocycles. The maximum absolute atomic E-state index is 12.6. The van der Waals surface area contributed by atoms with Crippen LogP contribution in [0.1, 0.15) is 49.9 Å². The minimum Gasteiger partial charge on any atom is -0.392 e. The molecular formula is C20H27N3O3S. The first kappa shape index (κ1) is 18.8. The van der Waals surface area contributed by atoms with Gasteiger partial charge in [0, 0.05) is 30.2 Å². The molecule has 2 aromatic rings. The van der Waals surface area contributed by atoms with Crippen LogP contribution < -0.4 is 10.9 Å². The lowest BCUT2D eigenvalue weighted by Gasteiger charge is -2.21. The zero-order valence-corrected chi connectivity index (χ0v) is 16.3. The third-order valence-corrected chi connectivity index (χ3v) is 6.84. The highest BCUT2D eigenvalue weighted by molar-refractivity contribution is 7.99. The lowest BCUT2D eigenvalue weighted by Crippen LogP contribution is -2.19. The van der Waals surface area contributed by atoms with Crippen molar-refractivity contribution in [3.05, 3.63) is 33.9 Å². The number of benzene rings is 1. The Morgan fingerprint density at radius 1 is 1.22 bits per heavy atom. The van der Waals surface area contributed by atoms with Gasteiger partial charge in [0.15, 0.2) is 0 Å². The van der Waals surface area contributed by atoms with Crippen molar-refractivity contribution in [3.63, 3.8) is 0 Å². The molecule has 146 valence electrons. The van der Waals surface area contributed by atoms with Crippen molar-refractivity contribution in [2.24, 2.45) is 0 Å². The Kier molecular flexibility index (Phi) is 6.00. The Balaban J connectivity index is 1.59. The molecule has 1 saturated heterocycles. The Morgan fingerprint density at radius 3 is 2.74 bits per heavy atom. The van der Waals surface area contributed by atoms with E-state index < -0.39 is 0 Å². The number of ether oxygens (including phenoxy) is 1. The van der Waals surface area contributed by atoms with Crippen LogP contribution in [0.2, 0.25) is 0 Å². The van der Waals surface area contributed by atoms with E-state index in [1.807, 2.05) is 23.9 Å². The topological polar surface area (TPSA) is 87.2 Å². The lowest BCUT2D eigenvalue weighted by molar-refractivity contribution is 0.1000. The number of aromatic nitrogens is 2. The maximum Gasteiger partial charge on any atom is 0.259 e. The minimum absolute atomic E-state index is 0.168. The summed E-state index contributed by atoms with van der Waals surface area (Å²) in [5, 5.41) is 14.4. The second-order valence-corrected chi connectivity index (χ2v) is 8.74. The van der Waals surface area contributed by atoms with Gasteiger partial charge in [-0.2, -0.15) is 11.8 Å². The van der Waals surface area contributed by atoms with Gasteiger partial charge in [-0.25, -0.2) is 4.98 Å². The third kappa shape index (κ3) is 4.47. The summed E-state index contributed by atoms with van der Waals surface area (Å²) in [6.45, 7) is 1.46. The van der Waals surface area contributed by atoms with Crippen molar-refractivity contribution in [2.75, 3.05) is 18.5 Å². The van der Waals surface area contributed by atoms with Crippen molar-refractivity contribution in [1.82, 2.24) is 9.97 Å². The number of hydrogen-bond donors (Lipinski definition) is 3. The zero-order valence-electron chi connectivity index (χ0n) is 15.5. The minimum atomic E-state index is -0.169. The summed E-state index contributed by atoms with van der Waals surface area (Å²) in [7, 11) is 0. The van der Waals surface area contributed by atoms with E-state index in [9.17, 15) is 9.90 Å². The molecule has 0 amide bonds. The summed E-state index contributed by atoms with van der Waals surface area (Å²) in [5.41, 5.74) is 2.07. The predicted octanol–water partition coefficient (Wildman–Crippen LogP) is 3.18. The molecule has 0 bridgehead atoms. The second-order valence-electron chi connectivity index (χ2n) is 7.45. The normalized spacial score (nSPS) is 19.0. The predicted molar refractivity (Wildman–Crippen MR) is 109 cm³/mol. The number of thioether (sulfide) groups is 1. The standard InChI is InChI=1S/C20H27N3O3S/c24-11-13-9-15(21-14-3-1-2-4-14)10-17-19(13)20(25)23-18(22-17)12-27-16-5-7-26-8-6-16/h9-10,14,16,21,24H,1-8,11-12H2,(H,22,23,25). The summed E-state index contributed by atoms with van der Waals surface area (Å²) >= 11 is 1.83. The Hall–Kier alpha value is -1.57. The zero-order chi connectivity index (χ0) is 18.6. The first-order valence-corrected chi connectivity index (χ1v) is 10.9. The molecule has 2 aliphatic rings. The molecule has 0 unspecified atom stereocenters. The molecular weight excluding hydrogens is 362 g/mol. The van der Waals surface area contributed by atoms with Gasteiger partial charge in [-0.1, -0.05) is 12.8 Å². The molecule has 0 radical (unpaired) electrons. The Morgan fingerprint density at radius 2 is 2.00 bits per heavy atom. The Bertz CT molecular complexity index is 842. The van der Waals surface area contributed by atoms with E-state index in [4.69, 9.17) is 9.72 Å². The van der Waals surface area contributed by atoms with Gasteiger partial charge in [0.1, 0.15) is 5.82 Å². The van der Waals surface area contributed by atoms with Gasteiger partial charge in [0.2, 0.25) is 0 Å².